The Morgan fingerprint density at radius 1 is 0.968 bits per heavy atom. The highest BCUT2D eigenvalue weighted by Gasteiger charge is 2.36. The van der Waals surface area contributed by atoms with E-state index in [1.54, 1.807) is 12.4 Å². The molecule has 0 radical (unpaired) electrons. The fourth-order valence-corrected chi connectivity index (χ4v) is 3.95. The molecule has 1 aliphatic rings. The molecule has 3 heterocycles. The van der Waals surface area contributed by atoms with Crippen molar-refractivity contribution < 1.29 is 9.32 Å². The van der Waals surface area contributed by atoms with E-state index in [-0.39, 0.29) is 17.7 Å². The third-order valence-electron chi connectivity index (χ3n) is 5.73. The normalized spacial score (nSPS) is 13.9. The molecular weight excluding hydrogens is 388 g/mol. The van der Waals surface area contributed by atoms with Crippen LogP contribution in [0.3, 0.4) is 0 Å². The molecule has 4 aromatic rings. The highest BCUT2D eigenvalue weighted by atomic mass is 16.5. The summed E-state index contributed by atoms with van der Waals surface area (Å²) in [5, 5.41) is 4.06. The number of likely N-dealkylation sites (tertiary alicyclic amines) is 1. The first-order chi connectivity index (χ1) is 15.3. The predicted molar refractivity (Wildman–Crippen MR) is 116 cm³/mol. The van der Waals surface area contributed by atoms with Gasteiger partial charge in [-0.3, -0.25) is 9.78 Å². The second-order valence-corrected chi connectivity index (χ2v) is 7.77. The molecule has 1 aliphatic heterocycles. The Hall–Kier alpha value is -3.80. The maximum absolute atomic E-state index is 13.0. The third kappa shape index (κ3) is 4.10. The number of aromatic nitrogens is 3. The molecular formula is C25H22N4O2. The van der Waals surface area contributed by atoms with Crippen LogP contribution in [0.4, 0.5) is 0 Å². The van der Waals surface area contributed by atoms with Crippen molar-refractivity contribution in [3.8, 4) is 11.4 Å². The smallest absolute Gasteiger partial charge is 0.233 e. The zero-order valence-electron chi connectivity index (χ0n) is 17.0. The van der Waals surface area contributed by atoms with E-state index < -0.39 is 0 Å². The van der Waals surface area contributed by atoms with Crippen LogP contribution in [0, 0.1) is 0 Å². The summed E-state index contributed by atoms with van der Waals surface area (Å²) in [5.41, 5.74) is 3.12. The van der Waals surface area contributed by atoms with Gasteiger partial charge in [-0.25, -0.2) is 0 Å². The minimum Gasteiger partial charge on any atom is -0.341 e. The van der Waals surface area contributed by atoms with Gasteiger partial charge in [-0.05, 0) is 23.3 Å². The van der Waals surface area contributed by atoms with Crippen molar-refractivity contribution in [2.75, 3.05) is 13.1 Å². The average Bonchev–Trinajstić information content (AvgIpc) is 3.28. The fraction of sp³-hybridized carbons (Fsp3) is 0.200. The van der Waals surface area contributed by atoms with Crippen molar-refractivity contribution in [1.29, 1.82) is 0 Å². The Labute approximate surface area is 180 Å². The van der Waals surface area contributed by atoms with Crippen LogP contribution < -0.4 is 0 Å². The van der Waals surface area contributed by atoms with Gasteiger partial charge < -0.3 is 9.42 Å². The second-order valence-electron chi connectivity index (χ2n) is 7.77. The summed E-state index contributed by atoms with van der Waals surface area (Å²) in [7, 11) is 0. The van der Waals surface area contributed by atoms with Crippen LogP contribution >= 0.6 is 0 Å². The summed E-state index contributed by atoms with van der Waals surface area (Å²) < 4.78 is 5.44. The van der Waals surface area contributed by atoms with E-state index in [0.29, 0.717) is 31.2 Å². The van der Waals surface area contributed by atoms with E-state index in [9.17, 15) is 4.79 Å². The lowest BCUT2D eigenvalue weighted by atomic mass is 9.87. The molecule has 0 atom stereocenters. The Morgan fingerprint density at radius 3 is 2.26 bits per heavy atom. The van der Waals surface area contributed by atoms with Gasteiger partial charge in [-0.1, -0.05) is 65.8 Å². The van der Waals surface area contributed by atoms with Crippen LogP contribution in [-0.4, -0.2) is 39.0 Å². The number of amides is 1. The minimum atomic E-state index is 0.0366. The van der Waals surface area contributed by atoms with Gasteiger partial charge >= 0.3 is 0 Å². The van der Waals surface area contributed by atoms with Crippen molar-refractivity contribution in [2.45, 2.75) is 18.3 Å². The van der Waals surface area contributed by atoms with Gasteiger partial charge in [0.2, 0.25) is 17.6 Å². The van der Waals surface area contributed by atoms with E-state index in [1.165, 1.54) is 0 Å². The molecule has 6 heteroatoms. The lowest BCUT2D eigenvalue weighted by Gasteiger charge is -2.38. The van der Waals surface area contributed by atoms with Crippen LogP contribution in [-0.2, 0) is 4.79 Å². The molecule has 0 N–H and O–H groups in total. The number of hydrogen-bond donors (Lipinski definition) is 0. The molecule has 0 unspecified atom stereocenters. The Morgan fingerprint density at radius 2 is 1.65 bits per heavy atom. The lowest BCUT2D eigenvalue weighted by Crippen LogP contribution is -2.48. The Bertz CT molecular complexity index is 1100. The average molecular weight is 410 g/mol. The number of hydrogen-bond acceptors (Lipinski definition) is 5. The number of benzene rings is 2. The topological polar surface area (TPSA) is 72.1 Å². The van der Waals surface area contributed by atoms with Crippen molar-refractivity contribution >= 4 is 5.91 Å². The third-order valence-corrected chi connectivity index (χ3v) is 5.73. The molecule has 5 rings (SSSR count). The summed E-state index contributed by atoms with van der Waals surface area (Å²) in [4.78, 5) is 23.5. The van der Waals surface area contributed by atoms with Gasteiger partial charge in [0.05, 0.1) is 5.92 Å². The van der Waals surface area contributed by atoms with Gasteiger partial charge in [-0.2, -0.15) is 4.98 Å². The van der Waals surface area contributed by atoms with Gasteiger partial charge in [0.15, 0.2) is 0 Å². The maximum Gasteiger partial charge on any atom is 0.233 e. The number of pyridine rings is 1. The van der Waals surface area contributed by atoms with Crippen LogP contribution in [0.1, 0.15) is 35.3 Å². The van der Waals surface area contributed by atoms with Crippen molar-refractivity contribution in [3.05, 3.63) is 102 Å². The van der Waals surface area contributed by atoms with Gasteiger partial charge in [-0.15, -0.1) is 0 Å². The van der Waals surface area contributed by atoms with E-state index in [1.807, 2.05) is 53.4 Å². The molecule has 6 nitrogen and oxygen atoms in total. The molecule has 31 heavy (non-hydrogen) atoms. The van der Waals surface area contributed by atoms with Crippen molar-refractivity contribution in [2.24, 2.45) is 0 Å². The SMILES string of the molecule is O=C(CC(c1ccccc1)c1ccccc1)N1CC(c2nc(-c3cccnc3)no2)C1. The summed E-state index contributed by atoms with van der Waals surface area (Å²) >= 11 is 0. The first-order valence-corrected chi connectivity index (χ1v) is 10.4. The molecule has 0 spiro atoms. The molecule has 0 saturated carbocycles. The molecule has 154 valence electrons. The Balaban J connectivity index is 1.25. The van der Waals surface area contributed by atoms with Crippen LogP contribution in [0.2, 0.25) is 0 Å². The van der Waals surface area contributed by atoms with E-state index in [2.05, 4.69) is 39.4 Å². The molecule has 2 aromatic heterocycles. The zero-order chi connectivity index (χ0) is 21.0. The number of rotatable bonds is 6. The highest BCUT2D eigenvalue weighted by Crippen LogP contribution is 2.32. The zero-order valence-corrected chi connectivity index (χ0v) is 17.0. The minimum absolute atomic E-state index is 0.0366. The predicted octanol–water partition coefficient (Wildman–Crippen LogP) is 4.28. The fourth-order valence-electron chi connectivity index (χ4n) is 3.95. The molecule has 1 fully saturated rings. The molecule has 0 bridgehead atoms. The summed E-state index contributed by atoms with van der Waals surface area (Å²) in [5.74, 6) is 1.36. The first kappa shape index (κ1) is 19.2. The largest absolute Gasteiger partial charge is 0.341 e. The quantitative estimate of drug-likeness (QED) is 0.474. The highest BCUT2D eigenvalue weighted by molar-refractivity contribution is 5.79. The van der Waals surface area contributed by atoms with Gasteiger partial charge in [0.1, 0.15) is 0 Å². The maximum atomic E-state index is 13.0. The number of carbonyl (C=O) groups is 1. The van der Waals surface area contributed by atoms with Crippen molar-refractivity contribution in [1.82, 2.24) is 20.0 Å². The summed E-state index contributed by atoms with van der Waals surface area (Å²) in [6.07, 6.45) is 3.85. The van der Waals surface area contributed by atoms with E-state index >= 15 is 0 Å². The standard InChI is InChI=1S/C25H22N4O2/c30-23(14-22(18-8-3-1-4-9-18)19-10-5-2-6-11-19)29-16-21(17-29)25-27-24(28-31-25)20-12-7-13-26-15-20/h1-13,15,21-22H,14,16-17H2. The molecule has 1 saturated heterocycles. The lowest BCUT2D eigenvalue weighted by molar-refractivity contribution is -0.136. The van der Waals surface area contributed by atoms with Crippen LogP contribution in [0.15, 0.2) is 89.7 Å². The first-order valence-electron chi connectivity index (χ1n) is 10.4. The van der Waals surface area contributed by atoms with Crippen LogP contribution in [0.25, 0.3) is 11.4 Å². The van der Waals surface area contributed by atoms with Crippen molar-refractivity contribution in [3.63, 3.8) is 0 Å². The Kier molecular flexibility index (Phi) is 5.27. The number of carbonyl (C=O) groups excluding carboxylic acids is 1. The van der Waals surface area contributed by atoms with E-state index in [0.717, 1.165) is 16.7 Å². The van der Waals surface area contributed by atoms with E-state index in [4.69, 9.17) is 4.52 Å². The summed E-state index contributed by atoms with van der Waals surface area (Å²) in [6.45, 7) is 1.20. The number of nitrogens with zero attached hydrogens (tertiary/aromatic N) is 4. The van der Waals surface area contributed by atoms with Crippen LogP contribution in [0.5, 0.6) is 0 Å². The van der Waals surface area contributed by atoms with Gasteiger partial charge in [0, 0.05) is 43.4 Å². The van der Waals surface area contributed by atoms with Gasteiger partial charge in [0.25, 0.3) is 0 Å². The summed E-state index contributed by atoms with van der Waals surface area (Å²) in [6, 6.07) is 24.1. The molecule has 0 aliphatic carbocycles. The monoisotopic (exact) mass is 410 g/mol. The second kappa shape index (κ2) is 8.52. The molecule has 2 aromatic carbocycles. The molecule has 1 amide bonds.